The molecule has 37 heavy (non-hydrogen) atoms. The molecule has 1 aromatic carbocycles. The van der Waals surface area contributed by atoms with Crippen molar-refractivity contribution in [2.75, 3.05) is 56.7 Å². The van der Waals surface area contributed by atoms with Crippen molar-refractivity contribution in [1.29, 1.82) is 0 Å². The molecule has 196 valence electrons. The summed E-state index contributed by atoms with van der Waals surface area (Å²) in [6.07, 6.45) is 14.1. The van der Waals surface area contributed by atoms with Crippen LogP contribution < -0.4 is 15.0 Å². The van der Waals surface area contributed by atoms with Crippen molar-refractivity contribution in [3.8, 4) is 5.75 Å². The summed E-state index contributed by atoms with van der Waals surface area (Å²) in [5, 5.41) is 3.56. The van der Waals surface area contributed by atoms with Gasteiger partial charge >= 0.3 is 0 Å². The lowest BCUT2D eigenvalue weighted by Crippen LogP contribution is -2.36. The number of piperidine rings is 1. The SMILES string of the molecule is CN1CCC(c2cnc(NC3CCC(Oc4cc(N5CCOCC5)cc5nccnc45)CC3)nc2)CC1. The van der Waals surface area contributed by atoms with E-state index in [9.17, 15) is 0 Å². The van der Waals surface area contributed by atoms with Gasteiger partial charge in [0.05, 0.1) is 24.8 Å². The molecule has 2 aliphatic heterocycles. The third kappa shape index (κ3) is 5.78. The Bertz CT molecular complexity index is 1170. The van der Waals surface area contributed by atoms with E-state index in [4.69, 9.17) is 9.47 Å². The normalized spacial score (nSPS) is 23.8. The number of nitrogens with zero attached hydrogens (tertiary/aromatic N) is 6. The highest BCUT2D eigenvalue weighted by atomic mass is 16.5. The minimum Gasteiger partial charge on any atom is -0.488 e. The smallest absolute Gasteiger partial charge is 0.222 e. The number of benzene rings is 1. The van der Waals surface area contributed by atoms with Crippen LogP contribution in [0.5, 0.6) is 5.75 Å². The summed E-state index contributed by atoms with van der Waals surface area (Å²) in [4.78, 5) is 23.2. The highest BCUT2D eigenvalue weighted by Gasteiger charge is 2.25. The van der Waals surface area contributed by atoms with Gasteiger partial charge in [0.15, 0.2) is 0 Å². The average molecular weight is 504 g/mol. The van der Waals surface area contributed by atoms with E-state index in [1.54, 1.807) is 12.4 Å². The maximum Gasteiger partial charge on any atom is 0.222 e. The van der Waals surface area contributed by atoms with Crippen LogP contribution in [0.2, 0.25) is 0 Å². The van der Waals surface area contributed by atoms with E-state index >= 15 is 0 Å². The standard InChI is InChI=1S/C28H37N7O2/c1-34-10-6-20(7-11-34)21-18-31-28(32-19-21)33-22-2-4-24(5-3-22)37-26-17-23(35-12-14-36-15-13-35)16-25-27(26)30-9-8-29-25/h8-9,16-20,22,24H,2-7,10-15H2,1H3,(H,31,32,33). The number of nitrogens with one attached hydrogen (secondary N) is 1. The molecule has 6 rings (SSSR count). The molecule has 0 radical (unpaired) electrons. The summed E-state index contributed by atoms with van der Waals surface area (Å²) in [5.41, 5.74) is 4.10. The van der Waals surface area contributed by atoms with Gasteiger partial charge < -0.3 is 24.6 Å². The Morgan fingerprint density at radius 2 is 1.59 bits per heavy atom. The van der Waals surface area contributed by atoms with Crippen LogP contribution >= 0.6 is 0 Å². The molecule has 9 nitrogen and oxygen atoms in total. The van der Waals surface area contributed by atoms with Gasteiger partial charge in [0, 0.05) is 55.7 Å². The average Bonchev–Trinajstić information content (AvgIpc) is 2.95. The summed E-state index contributed by atoms with van der Waals surface area (Å²) in [5.74, 6) is 2.15. The summed E-state index contributed by atoms with van der Waals surface area (Å²) >= 11 is 0. The number of rotatable bonds is 6. The van der Waals surface area contributed by atoms with E-state index in [2.05, 4.69) is 54.2 Å². The molecule has 0 unspecified atom stereocenters. The fourth-order valence-electron chi connectivity index (χ4n) is 5.78. The molecule has 3 aromatic rings. The van der Waals surface area contributed by atoms with E-state index in [1.807, 2.05) is 12.4 Å². The van der Waals surface area contributed by atoms with Crippen LogP contribution in [0, 0.1) is 0 Å². The number of likely N-dealkylation sites (tertiary alicyclic amines) is 1. The lowest BCUT2D eigenvalue weighted by molar-refractivity contribution is 0.122. The fourth-order valence-corrected chi connectivity index (χ4v) is 5.78. The Labute approximate surface area is 218 Å². The third-order valence-electron chi connectivity index (χ3n) is 8.06. The number of fused-ring (bicyclic) bond motifs is 1. The molecule has 0 atom stereocenters. The Hall–Kier alpha value is -3.04. The monoisotopic (exact) mass is 503 g/mol. The van der Waals surface area contributed by atoms with Crippen LogP contribution in [-0.2, 0) is 4.74 Å². The second-order valence-corrected chi connectivity index (χ2v) is 10.6. The van der Waals surface area contributed by atoms with E-state index in [-0.39, 0.29) is 6.10 Å². The highest BCUT2D eigenvalue weighted by Crippen LogP contribution is 2.33. The quantitative estimate of drug-likeness (QED) is 0.538. The van der Waals surface area contributed by atoms with E-state index in [0.717, 1.165) is 93.5 Å². The number of morpholine rings is 1. The molecule has 0 amide bonds. The molecule has 9 heteroatoms. The molecular formula is C28H37N7O2. The van der Waals surface area contributed by atoms with Crippen LogP contribution in [0.3, 0.4) is 0 Å². The van der Waals surface area contributed by atoms with Crippen molar-refractivity contribution in [3.63, 3.8) is 0 Å². The third-order valence-corrected chi connectivity index (χ3v) is 8.06. The minimum atomic E-state index is 0.163. The second kappa shape index (κ2) is 11.1. The van der Waals surface area contributed by atoms with Crippen molar-refractivity contribution in [2.45, 2.75) is 56.6 Å². The maximum absolute atomic E-state index is 6.57. The molecule has 3 fully saturated rings. The number of anilines is 2. The van der Waals surface area contributed by atoms with Crippen molar-refractivity contribution < 1.29 is 9.47 Å². The van der Waals surface area contributed by atoms with Gasteiger partial charge in [-0.25, -0.2) is 15.0 Å². The van der Waals surface area contributed by atoms with E-state index < -0.39 is 0 Å². The molecule has 2 saturated heterocycles. The zero-order valence-corrected chi connectivity index (χ0v) is 21.7. The van der Waals surface area contributed by atoms with Crippen molar-refractivity contribution in [2.24, 2.45) is 0 Å². The summed E-state index contributed by atoms with van der Waals surface area (Å²) in [6.45, 7) is 5.55. The van der Waals surface area contributed by atoms with Crippen LogP contribution in [0.15, 0.2) is 36.9 Å². The lowest BCUT2D eigenvalue weighted by Gasteiger charge is -2.31. The predicted octanol–water partition coefficient (Wildman–Crippen LogP) is 3.87. The van der Waals surface area contributed by atoms with Crippen molar-refractivity contribution >= 4 is 22.7 Å². The molecule has 0 spiro atoms. The first kappa shape index (κ1) is 24.3. The first-order chi connectivity index (χ1) is 18.2. The van der Waals surface area contributed by atoms with Gasteiger partial charge in [0.25, 0.3) is 0 Å². The molecule has 1 aliphatic carbocycles. The minimum absolute atomic E-state index is 0.163. The predicted molar refractivity (Wildman–Crippen MR) is 144 cm³/mol. The van der Waals surface area contributed by atoms with E-state index in [1.165, 1.54) is 18.4 Å². The van der Waals surface area contributed by atoms with Gasteiger partial charge in [-0.3, -0.25) is 4.98 Å². The van der Waals surface area contributed by atoms with Gasteiger partial charge in [0.2, 0.25) is 5.95 Å². The van der Waals surface area contributed by atoms with Crippen molar-refractivity contribution in [1.82, 2.24) is 24.8 Å². The Balaban J connectivity index is 1.06. The molecular weight excluding hydrogens is 466 g/mol. The maximum atomic E-state index is 6.57. The lowest BCUT2D eigenvalue weighted by atomic mass is 9.91. The Kier molecular flexibility index (Phi) is 7.32. The van der Waals surface area contributed by atoms with Gasteiger partial charge in [-0.05, 0) is 76.2 Å². The zero-order chi connectivity index (χ0) is 25.0. The van der Waals surface area contributed by atoms with Gasteiger partial charge in [-0.1, -0.05) is 0 Å². The van der Waals surface area contributed by atoms with E-state index in [0.29, 0.717) is 12.0 Å². The van der Waals surface area contributed by atoms with Gasteiger partial charge in [-0.15, -0.1) is 0 Å². The molecule has 3 aliphatic rings. The zero-order valence-electron chi connectivity index (χ0n) is 21.7. The van der Waals surface area contributed by atoms with Gasteiger partial charge in [0.1, 0.15) is 11.3 Å². The molecule has 1 N–H and O–H groups in total. The first-order valence-electron chi connectivity index (χ1n) is 13.7. The number of aromatic nitrogens is 4. The van der Waals surface area contributed by atoms with Crippen LogP contribution in [-0.4, -0.2) is 83.4 Å². The molecule has 0 bridgehead atoms. The Morgan fingerprint density at radius 3 is 2.35 bits per heavy atom. The summed E-state index contributed by atoms with van der Waals surface area (Å²) < 4.78 is 12.1. The summed E-state index contributed by atoms with van der Waals surface area (Å²) in [7, 11) is 2.19. The van der Waals surface area contributed by atoms with Crippen LogP contribution in [0.1, 0.15) is 50.0 Å². The van der Waals surface area contributed by atoms with Crippen LogP contribution in [0.4, 0.5) is 11.6 Å². The van der Waals surface area contributed by atoms with Crippen LogP contribution in [0.25, 0.3) is 11.0 Å². The molecule has 4 heterocycles. The van der Waals surface area contributed by atoms with Gasteiger partial charge in [-0.2, -0.15) is 0 Å². The topological polar surface area (TPSA) is 88.5 Å². The molecule has 2 aromatic heterocycles. The molecule has 1 saturated carbocycles. The number of ether oxygens (including phenoxy) is 2. The number of hydrogen-bond donors (Lipinski definition) is 1. The first-order valence-corrected chi connectivity index (χ1v) is 13.7. The number of hydrogen-bond acceptors (Lipinski definition) is 9. The summed E-state index contributed by atoms with van der Waals surface area (Å²) in [6, 6.07) is 4.61. The fraction of sp³-hybridized carbons (Fsp3) is 0.571. The Morgan fingerprint density at radius 1 is 0.865 bits per heavy atom. The second-order valence-electron chi connectivity index (χ2n) is 10.6. The largest absolute Gasteiger partial charge is 0.488 e. The highest BCUT2D eigenvalue weighted by molar-refractivity contribution is 5.85. The van der Waals surface area contributed by atoms with Crippen molar-refractivity contribution in [3.05, 3.63) is 42.5 Å².